The number of ether oxygens (including phenoxy) is 1. The molecule has 1 N–H and O–H groups in total. The number of rotatable bonds is 1. The molecule has 1 fully saturated rings. The van der Waals surface area contributed by atoms with Gasteiger partial charge in [0.05, 0.1) is 0 Å². The van der Waals surface area contributed by atoms with Crippen molar-refractivity contribution in [3.8, 4) is 0 Å². The average molecular weight is 346 g/mol. The van der Waals surface area contributed by atoms with E-state index in [2.05, 4.69) is 9.97 Å². The number of halogens is 4. The summed E-state index contributed by atoms with van der Waals surface area (Å²) in [5.74, 6) is 0.485. The van der Waals surface area contributed by atoms with E-state index in [4.69, 9.17) is 4.74 Å². The molecule has 1 aromatic heterocycles. The molecule has 1 aromatic rings. The molecule has 0 aliphatic carbocycles. The molecule has 90 valence electrons. The van der Waals surface area contributed by atoms with Crippen molar-refractivity contribution in [2.24, 2.45) is 0 Å². The standard InChI is InChI=1S/C9H10F3IN2O/c10-9(11,12)6-7(13)15-8(14-6)5-1-3-16-4-2-5/h5H,1-4H2,(H,14,15). The molecule has 0 saturated carbocycles. The Bertz CT molecular complexity index is 371. The number of imidazole rings is 1. The third-order valence-corrected chi connectivity index (χ3v) is 3.34. The van der Waals surface area contributed by atoms with Crippen LogP contribution in [0.15, 0.2) is 0 Å². The summed E-state index contributed by atoms with van der Waals surface area (Å²) in [5, 5.41) is 0. The Balaban J connectivity index is 2.23. The van der Waals surface area contributed by atoms with E-state index < -0.39 is 11.9 Å². The van der Waals surface area contributed by atoms with Crippen molar-refractivity contribution in [1.29, 1.82) is 0 Å². The fourth-order valence-corrected chi connectivity index (χ4v) is 2.42. The zero-order chi connectivity index (χ0) is 11.8. The van der Waals surface area contributed by atoms with Crippen molar-refractivity contribution in [1.82, 2.24) is 9.97 Å². The number of hydrogen-bond acceptors (Lipinski definition) is 2. The lowest BCUT2D eigenvalue weighted by Crippen LogP contribution is -2.15. The normalized spacial score (nSPS) is 19.0. The van der Waals surface area contributed by atoms with Gasteiger partial charge in [0.15, 0.2) is 5.69 Å². The number of aromatic amines is 1. The lowest BCUT2D eigenvalue weighted by molar-refractivity contribution is -0.141. The second kappa shape index (κ2) is 4.52. The van der Waals surface area contributed by atoms with E-state index in [0.717, 1.165) is 12.8 Å². The van der Waals surface area contributed by atoms with Gasteiger partial charge in [-0.15, -0.1) is 0 Å². The third-order valence-electron chi connectivity index (χ3n) is 2.55. The molecule has 7 heteroatoms. The SMILES string of the molecule is FC(F)(F)c1nc(C2CCOCC2)[nH]c1I. The van der Waals surface area contributed by atoms with Crippen LogP contribution in [0, 0.1) is 3.70 Å². The minimum atomic E-state index is -4.38. The van der Waals surface area contributed by atoms with Crippen molar-refractivity contribution in [2.75, 3.05) is 13.2 Å². The molecule has 0 unspecified atom stereocenters. The Kier molecular flexibility index (Phi) is 3.43. The fraction of sp³-hybridized carbons (Fsp3) is 0.667. The van der Waals surface area contributed by atoms with Crippen LogP contribution in [0.4, 0.5) is 13.2 Å². The van der Waals surface area contributed by atoms with Crippen LogP contribution in [0.3, 0.4) is 0 Å². The van der Waals surface area contributed by atoms with Gasteiger partial charge in [-0.3, -0.25) is 0 Å². The maximum Gasteiger partial charge on any atom is 0.435 e. The predicted molar refractivity (Wildman–Crippen MR) is 59.1 cm³/mol. The minimum Gasteiger partial charge on any atom is -0.381 e. The van der Waals surface area contributed by atoms with Gasteiger partial charge in [-0.25, -0.2) is 4.98 Å². The lowest BCUT2D eigenvalue weighted by atomic mass is 10.00. The molecule has 2 rings (SSSR count). The summed E-state index contributed by atoms with van der Waals surface area (Å²) in [4.78, 5) is 6.38. The van der Waals surface area contributed by atoms with Gasteiger partial charge < -0.3 is 9.72 Å². The van der Waals surface area contributed by atoms with Crippen LogP contribution in [-0.4, -0.2) is 23.2 Å². The number of hydrogen-bond donors (Lipinski definition) is 1. The van der Waals surface area contributed by atoms with Gasteiger partial charge >= 0.3 is 6.18 Å². The number of nitrogens with zero attached hydrogens (tertiary/aromatic N) is 1. The average Bonchev–Trinajstić information content (AvgIpc) is 2.61. The highest BCUT2D eigenvalue weighted by Gasteiger charge is 2.37. The number of H-pyrrole nitrogens is 1. The zero-order valence-electron chi connectivity index (χ0n) is 8.27. The van der Waals surface area contributed by atoms with E-state index in [1.54, 1.807) is 22.6 Å². The summed E-state index contributed by atoms with van der Waals surface area (Å²) in [6.45, 7) is 1.17. The van der Waals surface area contributed by atoms with Crippen LogP contribution < -0.4 is 0 Å². The molecule has 0 spiro atoms. The van der Waals surface area contributed by atoms with Gasteiger partial charge in [0.2, 0.25) is 0 Å². The van der Waals surface area contributed by atoms with Crippen LogP contribution in [0.1, 0.15) is 30.3 Å². The molecule has 0 bridgehead atoms. The first-order valence-electron chi connectivity index (χ1n) is 4.89. The van der Waals surface area contributed by atoms with E-state index in [9.17, 15) is 13.2 Å². The summed E-state index contributed by atoms with van der Waals surface area (Å²) >= 11 is 1.63. The highest BCUT2D eigenvalue weighted by Crippen LogP contribution is 2.34. The Labute approximate surface area is 104 Å². The van der Waals surface area contributed by atoms with Gasteiger partial charge in [-0.2, -0.15) is 13.2 Å². The smallest absolute Gasteiger partial charge is 0.381 e. The molecular formula is C9H10F3IN2O. The molecule has 1 aliphatic rings. The largest absolute Gasteiger partial charge is 0.435 e. The van der Waals surface area contributed by atoms with Crippen molar-refractivity contribution in [3.63, 3.8) is 0 Å². The molecule has 0 aromatic carbocycles. The van der Waals surface area contributed by atoms with Gasteiger partial charge in [0, 0.05) is 19.1 Å². The van der Waals surface area contributed by atoms with E-state index in [0.29, 0.717) is 19.0 Å². The summed E-state index contributed by atoms with van der Waals surface area (Å²) < 4.78 is 42.8. The second-order valence-electron chi connectivity index (χ2n) is 3.67. The van der Waals surface area contributed by atoms with E-state index in [-0.39, 0.29) is 9.62 Å². The molecule has 0 radical (unpaired) electrons. The highest BCUT2D eigenvalue weighted by molar-refractivity contribution is 14.1. The predicted octanol–water partition coefficient (Wildman–Crippen LogP) is 2.93. The molecule has 1 aliphatic heterocycles. The van der Waals surface area contributed by atoms with Gasteiger partial charge in [0.1, 0.15) is 9.53 Å². The quantitative estimate of drug-likeness (QED) is 0.794. The minimum absolute atomic E-state index is 0.0540. The van der Waals surface area contributed by atoms with Crippen LogP contribution >= 0.6 is 22.6 Å². The first kappa shape index (κ1) is 12.2. The Morgan fingerprint density at radius 1 is 1.31 bits per heavy atom. The third kappa shape index (κ3) is 2.50. The van der Waals surface area contributed by atoms with Crippen molar-refractivity contribution >= 4 is 22.6 Å². The van der Waals surface area contributed by atoms with Crippen molar-refractivity contribution < 1.29 is 17.9 Å². The van der Waals surface area contributed by atoms with E-state index in [1.807, 2.05) is 0 Å². The van der Waals surface area contributed by atoms with Gasteiger partial charge in [-0.1, -0.05) is 0 Å². The molecular weight excluding hydrogens is 336 g/mol. The van der Waals surface area contributed by atoms with Crippen LogP contribution in [0.2, 0.25) is 0 Å². The summed E-state index contributed by atoms with van der Waals surface area (Å²) in [5.41, 5.74) is -0.811. The summed E-state index contributed by atoms with van der Waals surface area (Å²) in [6, 6.07) is 0. The zero-order valence-corrected chi connectivity index (χ0v) is 10.4. The second-order valence-corrected chi connectivity index (χ2v) is 4.75. The van der Waals surface area contributed by atoms with Crippen molar-refractivity contribution in [3.05, 3.63) is 15.2 Å². The van der Waals surface area contributed by atoms with Crippen LogP contribution in [0.25, 0.3) is 0 Å². The van der Waals surface area contributed by atoms with Crippen molar-refractivity contribution in [2.45, 2.75) is 24.9 Å². The molecule has 3 nitrogen and oxygen atoms in total. The molecule has 0 atom stereocenters. The van der Waals surface area contributed by atoms with E-state index in [1.165, 1.54) is 0 Å². The first-order chi connectivity index (χ1) is 7.48. The Hall–Kier alpha value is -0.310. The summed E-state index contributed by atoms with van der Waals surface area (Å²) in [6.07, 6.45) is -2.93. The molecule has 1 saturated heterocycles. The number of alkyl halides is 3. The molecule has 16 heavy (non-hydrogen) atoms. The maximum atomic E-state index is 12.5. The maximum absolute atomic E-state index is 12.5. The van der Waals surface area contributed by atoms with E-state index >= 15 is 0 Å². The molecule has 0 amide bonds. The monoisotopic (exact) mass is 346 g/mol. The van der Waals surface area contributed by atoms with Gasteiger partial charge in [0.25, 0.3) is 0 Å². The number of nitrogens with one attached hydrogen (secondary N) is 1. The molecule has 2 heterocycles. The Morgan fingerprint density at radius 2 is 1.94 bits per heavy atom. The van der Waals surface area contributed by atoms with Crippen LogP contribution in [0.5, 0.6) is 0 Å². The highest BCUT2D eigenvalue weighted by atomic mass is 127. The fourth-order valence-electron chi connectivity index (χ4n) is 1.72. The lowest BCUT2D eigenvalue weighted by Gasteiger charge is -2.19. The van der Waals surface area contributed by atoms with Crippen LogP contribution in [-0.2, 0) is 10.9 Å². The first-order valence-corrected chi connectivity index (χ1v) is 5.96. The van der Waals surface area contributed by atoms with Gasteiger partial charge in [-0.05, 0) is 35.4 Å². The number of aromatic nitrogens is 2. The topological polar surface area (TPSA) is 37.9 Å². The summed E-state index contributed by atoms with van der Waals surface area (Å²) in [7, 11) is 0. The Morgan fingerprint density at radius 3 is 2.44 bits per heavy atom.